The van der Waals surface area contributed by atoms with E-state index in [2.05, 4.69) is 15.9 Å². The number of hydrogen-bond donors (Lipinski definition) is 0. The lowest BCUT2D eigenvalue weighted by Crippen LogP contribution is -2.37. The van der Waals surface area contributed by atoms with Crippen LogP contribution in [0.25, 0.3) is 16.6 Å². The summed E-state index contributed by atoms with van der Waals surface area (Å²) >= 11 is 9.73. The summed E-state index contributed by atoms with van der Waals surface area (Å²) in [6.45, 7) is 4.20. The van der Waals surface area contributed by atoms with Crippen molar-refractivity contribution in [3.05, 3.63) is 104 Å². The van der Waals surface area contributed by atoms with Gasteiger partial charge in [0.15, 0.2) is 0 Å². The van der Waals surface area contributed by atoms with Crippen molar-refractivity contribution in [3.8, 4) is 5.69 Å². The number of carbonyl (C=O) groups excluding carboxylic acids is 1. The molecule has 0 saturated carbocycles. The molecule has 162 valence electrons. The molecule has 0 spiro atoms. The molecule has 1 aromatic heterocycles. The molecule has 1 amide bonds. The van der Waals surface area contributed by atoms with Crippen LogP contribution in [0, 0.1) is 0 Å². The minimum absolute atomic E-state index is 0.180. The molecule has 32 heavy (non-hydrogen) atoms. The molecule has 0 N–H and O–H groups in total. The van der Waals surface area contributed by atoms with Crippen LogP contribution in [0.2, 0.25) is 5.02 Å². The molecule has 0 aliphatic rings. The zero-order valence-corrected chi connectivity index (χ0v) is 20.0. The fraction of sp³-hybridized carbons (Fsp3) is 0.160. The monoisotopic (exact) mass is 509 g/mol. The fourth-order valence-corrected chi connectivity index (χ4v) is 4.27. The number of halogens is 2. The summed E-state index contributed by atoms with van der Waals surface area (Å²) in [5.74, 6) is 0.272. The number of rotatable bonds is 5. The Kier molecular flexibility index (Phi) is 6.44. The second-order valence-corrected chi connectivity index (χ2v) is 8.67. The van der Waals surface area contributed by atoms with Gasteiger partial charge in [-0.05, 0) is 62.4 Å². The van der Waals surface area contributed by atoms with Crippen molar-refractivity contribution in [2.75, 3.05) is 6.54 Å². The van der Waals surface area contributed by atoms with E-state index < -0.39 is 6.04 Å². The highest BCUT2D eigenvalue weighted by molar-refractivity contribution is 9.10. The van der Waals surface area contributed by atoms with Gasteiger partial charge in [0, 0.05) is 11.0 Å². The van der Waals surface area contributed by atoms with Gasteiger partial charge in [0.25, 0.3) is 11.5 Å². The quantitative estimate of drug-likeness (QED) is 0.330. The molecule has 0 bridgehead atoms. The molecule has 1 unspecified atom stereocenters. The van der Waals surface area contributed by atoms with E-state index in [1.807, 2.05) is 56.3 Å². The Labute approximate surface area is 199 Å². The molecule has 0 aliphatic carbocycles. The van der Waals surface area contributed by atoms with Gasteiger partial charge >= 0.3 is 0 Å². The van der Waals surface area contributed by atoms with Gasteiger partial charge in [0.05, 0.1) is 33.2 Å². The molecule has 4 aromatic rings. The van der Waals surface area contributed by atoms with Crippen LogP contribution < -0.4 is 5.56 Å². The van der Waals surface area contributed by atoms with Crippen molar-refractivity contribution >= 4 is 44.3 Å². The number of amides is 1. The molecule has 0 fully saturated rings. The third-order valence-electron chi connectivity index (χ3n) is 5.43. The molecule has 4 rings (SSSR count). The lowest BCUT2D eigenvalue weighted by atomic mass is 10.1. The minimum Gasteiger partial charge on any atom is -0.329 e. The second-order valence-electron chi connectivity index (χ2n) is 7.35. The highest BCUT2D eigenvalue weighted by Gasteiger charge is 2.27. The molecule has 1 atom stereocenters. The zero-order chi connectivity index (χ0) is 22.8. The third kappa shape index (κ3) is 4.08. The summed E-state index contributed by atoms with van der Waals surface area (Å²) < 4.78 is 2.49. The van der Waals surface area contributed by atoms with Gasteiger partial charge in [-0.15, -0.1) is 0 Å². The van der Waals surface area contributed by atoms with Crippen LogP contribution >= 0.6 is 27.5 Å². The first-order valence-electron chi connectivity index (χ1n) is 10.3. The predicted molar refractivity (Wildman–Crippen MR) is 132 cm³/mol. The average Bonchev–Trinajstić information content (AvgIpc) is 2.80. The summed E-state index contributed by atoms with van der Waals surface area (Å²) in [6.07, 6.45) is 0. The van der Waals surface area contributed by atoms with Crippen LogP contribution in [-0.2, 0) is 0 Å². The average molecular weight is 511 g/mol. The Bertz CT molecular complexity index is 1350. The summed E-state index contributed by atoms with van der Waals surface area (Å²) in [7, 11) is 0. The smallest absolute Gasteiger partial charge is 0.266 e. The zero-order valence-electron chi connectivity index (χ0n) is 17.6. The van der Waals surface area contributed by atoms with Crippen molar-refractivity contribution in [2.24, 2.45) is 0 Å². The molecule has 1 heterocycles. The fourth-order valence-electron chi connectivity index (χ4n) is 3.79. The Morgan fingerprint density at radius 2 is 1.72 bits per heavy atom. The van der Waals surface area contributed by atoms with E-state index in [4.69, 9.17) is 16.6 Å². The highest BCUT2D eigenvalue weighted by Crippen LogP contribution is 2.26. The first-order chi connectivity index (χ1) is 15.4. The molecule has 5 nitrogen and oxygen atoms in total. The number of hydrogen-bond acceptors (Lipinski definition) is 3. The largest absolute Gasteiger partial charge is 0.329 e. The Morgan fingerprint density at radius 1 is 1.06 bits per heavy atom. The number of aromatic nitrogens is 2. The summed E-state index contributed by atoms with van der Waals surface area (Å²) in [4.78, 5) is 33.4. The maximum atomic E-state index is 13.5. The number of para-hydroxylation sites is 1. The van der Waals surface area contributed by atoms with Gasteiger partial charge in [-0.1, -0.05) is 51.8 Å². The summed E-state index contributed by atoms with van der Waals surface area (Å²) in [5, 5.41) is 0.909. The number of benzene rings is 3. The van der Waals surface area contributed by atoms with Crippen molar-refractivity contribution in [1.82, 2.24) is 14.5 Å². The third-order valence-corrected chi connectivity index (χ3v) is 6.29. The lowest BCUT2D eigenvalue weighted by Gasteiger charge is -2.30. The number of carbonyl (C=O) groups is 1. The minimum atomic E-state index is -0.482. The van der Waals surface area contributed by atoms with Crippen LogP contribution in [0.3, 0.4) is 0 Å². The Hall–Kier alpha value is -2.96. The lowest BCUT2D eigenvalue weighted by molar-refractivity contribution is 0.0693. The van der Waals surface area contributed by atoms with E-state index in [9.17, 15) is 9.59 Å². The van der Waals surface area contributed by atoms with E-state index in [-0.39, 0.29) is 11.5 Å². The predicted octanol–water partition coefficient (Wildman–Crippen LogP) is 6.02. The number of fused-ring (bicyclic) bond motifs is 1. The first kappa shape index (κ1) is 22.2. The Morgan fingerprint density at radius 3 is 2.41 bits per heavy atom. The van der Waals surface area contributed by atoms with Crippen LogP contribution in [0.15, 0.2) is 82.1 Å². The van der Waals surface area contributed by atoms with Gasteiger partial charge in [0.2, 0.25) is 0 Å². The van der Waals surface area contributed by atoms with E-state index in [1.165, 1.54) is 0 Å². The molecule has 0 radical (unpaired) electrons. The molecular formula is C25H21BrClN3O2. The van der Waals surface area contributed by atoms with Crippen LogP contribution in [-0.4, -0.2) is 26.9 Å². The summed E-state index contributed by atoms with van der Waals surface area (Å²) in [6, 6.07) is 21.2. The van der Waals surface area contributed by atoms with Crippen LogP contribution in [0.4, 0.5) is 0 Å². The normalized spacial score (nSPS) is 12.0. The standard InChI is InChI=1S/C25H21BrClN3O2/c1-3-29(24(31)19-8-4-6-10-21(19)27)16(2)23-28-22-11-7-5-9-20(22)25(32)30(23)18-14-12-17(26)13-15-18/h4-16H,3H2,1-2H3. The van der Waals surface area contributed by atoms with Crippen molar-refractivity contribution < 1.29 is 4.79 Å². The van der Waals surface area contributed by atoms with Gasteiger partial charge in [-0.2, -0.15) is 0 Å². The van der Waals surface area contributed by atoms with E-state index in [1.54, 1.807) is 39.8 Å². The molecule has 0 saturated heterocycles. The molecule has 0 aliphatic heterocycles. The molecule has 3 aromatic carbocycles. The van der Waals surface area contributed by atoms with E-state index in [0.29, 0.717) is 39.5 Å². The van der Waals surface area contributed by atoms with Crippen LogP contribution in [0.5, 0.6) is 0 Å². The number of nitrogens with zero attached hydrogens (tertiary/aromatic N) is 3. The maximum absolute atomic E-state index is 13.5. The van der Waals surface area contributed by atoms with Crippen LogP contribution in [0.1, 0.15) is 36.1 Å². The van der Waals surface area contributed by atoms with Gasteiger partial charge < -0.3 is 4.90 Å². The highest BCUT2D eigenvalue weighted by atomic mass is 79.9. The van der Waals surface area contributed by atoms with Gasteiger partial charge in [-0.3, -0.25) is 14.2 Å². The second kappa shape index (κ2) is 9.27. The molecular weight excluding hydrogens is 490 g/mol. The van der Waals surface area contributed by atoms with E-state index >= 15 is 0 Å². The van der Waals surface area contributed by atoms with Crippen molar-refractivity contribution in [3.63, 3.8) is 0 Å². The maximum Gasteiger partial charge on any atom is 0.266 e. The van der Waals surface area contributed by atoms with Gasteiger partial charge in [0.1, 0.15) is 5.82 Å². The topological polar surface area (TPSA) is 55.2 Å². The first-order valence-corrected chi connectivity index (χ1v) is 11.4. The van der Waals surface area contributed by atoms with Crippen molar-refractivity contribution in [1.29, 1.82) is 0 Å². The van der Waals surface area contributed by atoms with Gasteiger partial charge in [-0.25, -0.2) is 4.98 Å². The van der Waals surface area contributed by atoms with E-state index in [0.717, 1.165) is 4.47 Å². The Balaban J connectivity index is 1.91. The summed E-state index contributed by atoms with van der Waals surface area (Å²) in [5.41, 5.74) is 1.51. The molecule has 7 heteroatoms. The van der Waals surface area contributed by atoms with Crippen molar-refractivity contribution in [2.45, 2.75) is 19.9 Å². The SMILES string of the molecule is CCN(C(=O)c1ccccc1Cl)C(C)c1nc2ccccc2c(=O)n1-c1ccc(Br)cc1.